The number of aromatic nitrogens is 4. The summed E-state index contributed by atoms with van der Waals surface area (Å²) in [5.41, 5.74) is 0.0470. The standard InChI is InChI=1S/C18H19F3N6/c1-17(2)11-26(8-7-24-17)15-5-6-22-16(25-15)13-9-23-14-4-3-12(10-27(13)14)18(19,20)21/h3-6,9-10,24H,7-8,11H2,1-2H3. The lowest BCUT2D eigenvalue weighted by atomic mass is 10.0. The molecule has 0 unspecified atom stereocenters. The van der Waals surface area contributed by atoms with E-state index in [2.05, 4.69) is 39.0 Å². The van der Waals surface area contributed by atoms with Crippen LogP contribution in [-0.2, 0) is 6.18 Å². The molecule has 0 amide bonds. The second kappa shape index (κ2) is 6.19. The number of alkyl halides is 3. The molecule has 1 saturated heterocycles. The van der Waals surface area contributed by atoms with Crippen LogP contribution in [0.2, 0.25) is 0 Å². The summed E-state index contributed by atoms with van der Waals surface area (Å²) >= 11 is 0. The van der Waals surface area contributed by atoms with Crippen LogP contribution in [0.5, 0.6) is 0 Å². The summed E-state index contributed by atoms with van der Waals surface area (Å²) in [4.78, 5) is 15.2. The van der Waals surface area contributed by atoms with Crippen LogP contribution in [0.25, 0.3) is 17.2 Å². The molecular weight excluding hydrogens is 357 g/mol. The molecule has 0 saturated carbocycles. The number of piperazine rings is 1. The van der Waals surface area contributed by atoms with Crippen LogP contribution in [0.3, 0.4) is 0 Å². The van der Waals surface area contributed by atoms with Gasteiger partial charge >= 0.3 is 6.18 Å². The number of halogens is 3. The average Bonchev–Trinajstić information content (AvgIpc) is 3.03. The fourth-order valence-corrected chi connectivity index (χ4v) is 3.30. The minimum atomic E-state index is -4.43. The van der Waals surface area contributed by atoms with Gasteiger partial charge in [0.1, 0.15) is 17.2 Å². The van der Waals surface area contributed by atoms with E-state index in [-0.39, 0.29) is 5.54 Å². The van der Waals surface area contributed by atoms with Gasteiger partial charge in [0.25, 0.3) is 0 Å². The lowest BCUT2D eigenvalue weighted by molar-refractivity contribution is -0.137. The van der Waals surface area contributed by atoms with E-state index in [1.807, 2.05) is 6.07 Å². The molecule has 0 atom stereocenters. The second-order valence-electron chi connectivity index (χ2n) is 7.26. The normalized spacial score (nSPS) is 17.4. The molecule has 1 fully saturated rings. The number of rotatable bonds is 2. The van der Waals surface area contributed by atoms with Gasteiger partial charge in [-0.1, -0.05) is 0 Å². The van der Waals surface area contributed by atoms with Crippen LogP contribution in [-0.4, -0.2) is 44.5 Å². The summed E-state index contributed by atoms with van der Waals surface area (Å²) in [7, 11) is 0. The van der Waals surface area contributed by atoms with Crippen LogP contribution in [0.1, 0.15) is 19.4 Å². The fourth-order valence-electron chi connectivity index (χ4n) is 3.30. The molecule has 1 aliphatic heterocycles. The number of hydrogen-bond donors (Lipinski definition) is 1. The van der Waals surface area contributed by atoms with E-state index >= 15 is 0 Å². The summed E-state index contributed by atoms with van der Waals surface area (Å²) in [6, 6.07) is 4.18. The molecule has 1 aliphatic rings. The van der Waals surface area contributed by atoms with E-state index in [4.69, 9.17) is 0 Å². The zero-order chi connectivity index (χ0) is 19.2. The summed E-state index contributed by atoms with van der Waals surface area (Å²) in [6.07, 6.45) is -0.275. The van der Waals surface area contributed by atoms with Gasteiger partial charge in [-0.2, -0.15) is 13.2 Å². The molecule has 4 rings (SSSR count). The third-order valence-electron chi connectivity index (χ3n) is 4.60. The molecule has 27 heavy (non-hydrogen) atoms. The first-order valence-electron chi connectivity index (χ1n) is 8.61. The smallest absolute Gasteiger partial charge is 0.353 e. The van der Waals surface area contributed by atoms with Crippen molar-refractivity contribution in [3.8, 4) is 11.5 Å². The third-order valence-corrected chi connectivity index (χ3v) is 4.60. The predicted octanol–water partition coefficient (Wildman–Crippen LogP) is 3.00. The van der Waals surface area contributed by atoms with Gasteiger partial charge < -0.3 is 10.2 Å². The number of nitrogens with zero attached hydrogens (tertiary/aromatic N) is 5. The molecule has 0 aromatic carbocycles. The summed E-state index contributed by atoms with van der Waals surface area (Å²) < 4.78 is 40.6. The van der Waals surface area contributed by atoms with Crippen LogP contribution < -0.4 is 10.2 Å². The number of pyridine rings is 1. The van der Waals surface area contributed by atoms with Crippen LogP contribution in [0, 0.1) is 0 Å². The molecule has 0 aliphatic carbocycles. The van der Waals surface area contributed by atoms with Crippen LogP contribution in [0.15, 0.2) is 36.8 Å². The highest BCUT2D eigenvalue weighted by molar-refractivity contribution is 5.59. The van der Waals surface area contributed by atoms with E-state index in [1.54, 1.807) is 6.20 Å². The third kappa shape index (κ3) is 3.46. The number of imidazole rings is 1. The Balaban J connectivity index is 1.74. The van der Waals surface area contributed by atoms with Crippen molar-refractivity contribution in [1.82, 2.24) is 24.7 Å². The average molecular weight is 376 g/mol. The Morgan fingerprint density at radius 2 is 1.96 bits per heavy atom. The van der Waals surface area contributed by atoms with Gasteiger partial charge in [-0.15, -0.1) is 0 Å². The highest BCUT2D eigenvalue weighted by Crippen LogP contribution is 2.30. The molecule has 142 valence electrons. The van der Waals surface area contributed by atoms with Gasteiger partial charge in [-0.25, -0.2) is 15.0 Å². The quantitative estimate of drug-likeness (QED) is 0.745. The first-order chi connectivity index (χ1) is 12.7. The van der Waals surface area contributed by atoms with Gasteiger partial charge in [0.15, 0.2) is 5.82 Å². The van der Waals surface area contributed by atoms with E-state index in [0.29, 0.717) is 17.2 Å². The first-order valence-corrected chi connectivity index (χ1v) is 8.61. The van der Waals surface area contributed by atoms with Crippen LogP contribution >= 0.6 is 0 Å². The summed E-state index contributed by atoms with van der Waals surface area (Å²) in [5, 5.41) is 3.44. The van der Waals surface area contributed by atoms with Gasteiger partial charge in [0.2, 0.25) is 0 Å². The molecule has 3 aromatic heterocycles. The van der Waals surface area contributed by atoms with Crippen molar-refractivity contribution in [2.24, 2.45) is 0 Å². The van der Waals surface area contributed by atoms with Crippen molar-refractivity contribution >= 4 is 11.5 Å². The van der Waals surface area contributed by atoms with E-state index in [0.717, 1.165) is 37.7 Å². The number of anilines is 1. The van der Waals surface area contributed by atoms with Crippen molar-refractivity contribution in [3.63, 3.8) is 0 Å². The van der Waals surface area contributed by atoms with Gasteiger partial charge in [0.05, 0.1) is 11.8 Å². The molecule has 4 heterocycles. The van der Waals surface area contributed by atoms with Crippen LogP contribution in [0.4, 0.5) is 19.0 Å². The molecule has 0 bridgehead atoms. The lowest BCUT2D eigenvalue weighted by Crippen LogP contribution is -2.57. The van der Waals surface area contributed by atoms with Gasteiger partial charge in [-0.05, 0) is 32.0 Å². The maximum Gasteiger partial charge on any atom is 0.417 e. The van der Waals surface area contributed by atoms with Crippen molar-refractivity contribution in [3.05, 3.63) is 42.4 Å². The highest BCUT2D eigenvalue weighted by Gasteiger charge is 2.31. The summed E-state index contributed by atoms with van der Waals surface area (Å²) in [6.45, 7) is 6.63. The SMILES string of the molecule is CC1(C)CN(c2ccnc(-c3cnc4ccc(C(F)(F)F)cn34)n2)CCN1. The topological polar surface area (TPSA) is 58.4 Å². The maximum absolute atomic E-state index is 13.1. The van der Waals surface area contributed by atoms with E-state index in [1.165, 1.54) is 16.7 Å². The zero-order valence-electron chi connectivity index (χ0n) is 15.0. The van der Waals surface area contributed by atoms with E-state index < -0.39 is 11.7 Å². The minimum absolute atomic E-state index is 0.0473. The Labute approximate surface area is 154 Å². The number of fused-ring (bicyclic) bond motifs is 1. The first kappa shape index (κ1) is 17.7. The van der Waals surface area contributed by atoms with Crippen molar-refractivity contribution < 1.29 is 13.2 Å². The van der Waals surface area contributed by atoms with Gasteiger partial charge in [0, 0.05) is 37.6 Å². The van der Waals surface area contributed by atoms with Gasteiger partial charge in [-0.3, -0.25) is 4.40 Å². The molecule has 0 spiro atoms. The largest absolute Gasteiger partial charge is 0.417 e. The fraction of sp³-hybridized carbons (Fsp3) is 0.389. The highest BCUT2D eigenvalue weighted by atomic mass is 19.4. The zero-order valence-corrected chi connectivity index (χ0v) is 15.0. The minimum Gasteiger partial charge on any atom is -0.353 e. The summed E-state index contributed by atoms with van der Waals surface area (Å²) in [5.74, 6) is 1.09. The molecule has 9 heteroatoms. The Morgan fingerprint density at radius 1 is 1.15 bits per heavy atom. The Bertz CT molecular complexity index is 979. The molecule has 6 nitrogen and oxygen atoms in total. The van der Waals surface area contributed by atoms with E-state index in [9.17, 15) is 13.2 Å². The van der Waals surface area contributed by atoms with Crippen molar-refractivity contribution in [2.75, 3.05) is 24.5 Å². The Hall–Kier alpha value is -2.68. The Kier molecular flexibility index (Phi) is 4.06. The Morgan fingerprint density at radius 3 is 2.70 bits per heavy atom. The molecular formula is C18H19F3N6. The monoisotopic (exact) mass is 376 g/mol. The number of hydrogen-bond acceptors (Lipinski definition) is 5. The molecule has 0 radical (unpaired) electrons. The predicted molar refractivity (Wildman–Crippen MR) is 95.5 cm³/mol. The second-order valence-corrected chi connectivity index (χ2v) is 7.26. The molecule has 3 aromatic rings. The maximum atomic E-state index is 13.1. The number of nitrogens with one attached hydrogen (secondary N) is 1. The van der Waals surface area contributed by atoms with Crippen molar-refractivity contribution in [2.45, 2.75) is 25.6 Å². The molecule has 1 N–H and O–H groups in total. The lowest BCUT2D eigenvalue weighted by Gasteiger charge is -2.39. The van der Waals surface area contributed by atoms with Crippen molar-refractivity contribution in [1.29, 1.82) is 0 Å².